The van der Waals surface area contributed by atoms with Crippen LogP contribution in [-0.2, 0) is 17.1 Å². The molecule has 2 rings (SSSR count). The Balaban J connectivity index is 2.30. The van der Waals surface area contributed by atoms with Gasteiger partial charge in [-0.3, -0.25) is 0 Å². The molecule has 0 aliphatic carbocycles. The molecule has 0 bridgehead atoms. The third kappa shape index (κ3) is 3.56. The number of aryl methyl sites for hydroxylation is 2. The van der Waals surface area contributed by atoms with E-state index in [4.69, 9.17) is 5.73 Å². The minimum atomic E-state index is -3.76. The van der Waals surface area contributed by atoms with Crippen LogP contribution in [0.1, 0.15) is 11.1 Å². The predicted octanol–water partition coefficient (Wildman–Crippen LogP) is -0.370. The Labute approximate surface area is 122 Å². The van der Waals surface area contributed by atoms with Gasteiger partial charge in [-0.2, -0.15) is 4.80 Å². The van der Waals surface area contributed by atoms with Crippen molar-refractivity contribution in [2.24, 2.45) is 12.8 Å². The average molecular weight is 306 g/mol. The van der Waals surface area contributed by atoms with Gasteiger partial charge in [-0.05, 0) is 35.9 Å². The zero-order valence-corrected chi connectivity index (χ0v) is 12.3. The Bertz CT molecular complexity index is 816. The van der Waals surface area contributed by atoms with Gasteiger partial charge < -0.3 is 5.73 Å². The first kappa shape index (κ1) is 15.0. The molecule has 0 fully saturated rings. The zero-order chi connectivity index (χ0) is 15.5. The lowest BCUT2D eigenvalue weighted by Crippen LogP contribution is -2.14. The van der Waals surface area contributed by atoms with E-state index in [9.17, 15) is 8.42 Å². The number of tetrazole rings is 1. The predicted molar refractivity (Wildman–Crippen MR) is 76.7 cm³/mol. The molecule has 3 N–H and O–H groups in total. The molecule has 0 atom stereocenters. The first-order valence-corrected chi connectivity index (χ1v) is 7.47. The Morgan fingerprint density at radius 1 is 1.43 bits per heavy atom. The summed E-state index contributed by atoms with van der Waals surface area (Å²) in [5, 5.41) is 10.9. The molecule has 1 aromatic carbocycles. The van der Waals surface area contributed by atoms with Crippen molar-refractivity contribution in [3.63, 3.8) is 0 Å². The van der Waals surface area contributed by atoms with Crippen molar-refractivity contribution in [2.75, 3.05) is 11.3 Å². The first-order valence-electron chi connectivity index (χ1n) is 5.99. The molecular formula is C12H14N6O2S. The normalized spacial score (nSPS) is 10.8. The fourth-order valence-electron chi connectivity index (χ4n) is 1.59. The molecule has 2 aromatic rings. The molecule has 0 saturated heterocycles. The van der Waals surface area contributed by atoms with Crippen molar-refractivity contribution in [1.82, 2.24) is 20.2 Å². The molecular weight excluding hydrogens is 292 g/mol. The Kier molecular flexibility index (Phi) is 4.21. The van der Waals surface area contributed by atoms with Gasteiger partial charge in [0, 0.05) is 5.56 Å². The lowest BCUT2D eigenvalue weighted by molar-refractivity contribution is 0.600. The number of nitrogens with one attached hydrogen (secondary N) is 1. The lowest BCUT2D eigenvalue weighted by Gasteiger charge is -2.06. The van der Waals surface area contributed by atoms with Crippen molar-refractivity contribution < 1.29 is 8.42 Å². The van der Waals surface area contributed by atoms with Gasteiger partial charge in [-0.25, -0.2) is 13.1 Å². The maximum Gasteiger partial charge on any atom is 0.277 e. The second kappa shape index (κ2) is 5.90. The van der Waals surface area contributed by atoms with E-state index < -0.39 is 10.0 Å². The molecule has 1 aromatic heterocycles. The van der Waals surface area contributed by atoms with E-state index in [-0.39, 0.29) is 17.4 Å². The van der Waals surface area contributed by atoms with Crippen molar-refractivity contribution in [3.8, 4) is 11.8 Å². The van der Waals surface area contributed by atoms with Gasteiger partial charge in [0.05, 0.1) is 18.5 Å². The van der Waals surface area contributed by atoms with Gasteiger partial charge in [-0.1, -0.05) is 16.9 Å². The van der Waals surface area contributed by atoms with Gasteiger partial charge in [0.15, 0.2) is 0 Å². The monoisotopic (exact) mass is 306 g/mol. The Morgan fingerprint density at radius 3 is 2.76 bits per heavy atom. The fourth-order valence-corrected chi connectivity index (χ4v) is 2.61. The number of anilines is 1. The SMILES string of the molecule is Cc1cc(S(=O)(=O)Nc2nnn(C)n2)ccc1C#CCN. The number of nitrogens with two attached hydrogens (primary N) is 1. The molecule has 0 spiro atoms. The third-order valence-electron chi connectivity index (χ3n) is 2.57. The molecule has 0 radical (unpaired) electrons. The van der Waals surface area contributed by atoms with E-state index >= 15 is 0 Å². The second-order valence-corrected chi connectivity index (χ2v) is 5.87. The van der Waals surface area contributed by atoms with Gasteiger partial charge in [-0.15, -0.1) is 5.10 Å². The first-order chi connectivity index (χ1) is 9.92. The summed E-state index contributed by atoms with van der Waals surface area (Å²) in [5.74, 6) is 5.52. The van der Waals surface area contributed by atoms with E-state index in [0.717, 1.165) is 15.9 Å². The maximum absolute atomic E-state index is 12.2. The molecule has 0 aliphatic heterocycles. The number of benzene rings is 1. The molecule has 0 amide bonds. The Hall–Kier alpha value is -2.44. The van der Waals surface area contributed by atoms with E-state index in [2.05, 4.69) is 32.0 Å². The summed E-state index contributed by atoms with van der Waals surface area (Å²) in [6.45, 7) is 2.03. The quantitative estimate of drug-likeness (QED) is 0.747. The molecule has 0 aliphatic rings. The largest absolute Gasteiger partial charge is 0.320 e. The van der Waals surface area contributed by atoms with E-state index in [1.54, 1.807) is 20.0 Å². The number of rotatable bonds is 3. The van der Waals surface area contributed by atoms with Crippen LogP contribution in [0.15, 0.2) is 23.1 Å². The fraction of sp³-hybridized carbons (Fsp3) is 0.250. The molecule has 0 unspecified atom stereocenters. The molecule has 9 heteroatoms. The minimum Gasteiger partial charge on any atom is -0.320 e. The second-order valence-electron chi connectivity index (χ2n) is 4.19. The summed E-state index contributed by atoms with van der Waals surface area (Å²) >= 11 is 0. The van der Waals surface area contributed by atoms with Crippen LogP contribution in [0.4, 0.5) is 5.95 Å². The summed E-state index contributed by atoms with van der Waals surface area (Å²) in [5.41, 5.74) is 6.79. The molecule has 0 saturated carbocycles. The van der Waals surface area contributed by atoms with Crippen LogP contribution in [0.5, 0.6) is 0 Å². The summed E-state index contributed by atoms with van der Waals surface area (Å²) in [4.78, 5) is 1.26. The number of hydrogen-bond acceptors (Lipinski definition) is 6. The lowest BCUT2D eigenvalue weighted by atomic mass is 10.1. The van der Waals surface area contributed by atoms with Crippen molar-refractivity contribution in [1.29, 1.82) is 0 Å². The number of nitrogens with zero attached hydrogens (tertiary/aromatic N) is 4. The summed E-state index contributed by atoms with van der Waals surface area (Å²) < 4.78 is 26.7. The molecule has 1 heterocycles. The van der Waals surface area contributed by atoms with Crippen LogP contribution in [-0.4, -0.2) is 35.2 Å². The van der Waals surface area contributed by atoms with Crippen molar-refractivity contribution >= 4 is 16.0 Å². The summed E-state index contributed by atoms with van der Waals surface area (Å²) in [6.07, 6.45) is 0. The standard InChI is InChI=1S/C12H14N6O2S/c1-9-8-11(6-5-10(9)4-3-7-13)21(19,20)16-12-14-17-18(2)15-12/h5-6,8H,7,13H2,1-2H3,(H,15,16). The maximum atomic E-state index is 12.2. The van der Waals surface area contributed by atoms with Gasteiger partial charge in [0.25, 0.3) is 16.0 Å². The van der Waals surface area contributed by atoms with Crippen LogP contribution in [0.3, 0.4) is 0 Å². The highest BCUT2D eigenvalue weighted by Crippen LogP contribution is 2.16. The molecule has 8 nitrogen and oxygen atoms in total. The van der Waals surface area contributed by atoms with Crippen LogP contribution in [0.25, 0.3) is 0 Å². The average Bonchev–Trinajstić information content (AvgIpc) is 2.82. The van der Waals surface area contributed by atoms with Gasteiger partial charge in [0.1, 0.15) is 0 Å². The summed E-state index contributed by atoms with van der Waals surface area (Å²) in [7, 11) is -2.22. The highest BCUT2D eigenvalue weighted by Gasteiger charge is 2.17. The van der Waals surface area contributed by atoms with Gasteiger partial charge in [0.2, 0.25) is 0 Å². The highest BCUT2D eigenvalue weighted by atomic mass is 32.2. The van der Waals surface area contributed by atoms with Crippen molar-refractivity contribution in [3.05, 3.63) is 29.3 Å². The third-order valence-corrected chi connectivity index (χ3v) is 3.89. The number of aromatic nitrogens is 4. The minimum absolute atomic E-state index is 0.0813. The zero-order valence-electron chi connectivity index (χ0n) is 11.5. The van der Waals surface area contributed by atoms with Crippen LogP contribution < -0.4 is 10.5 Å². The van der Waals surface area contributed by atoms with E-state index in [0.29, 0.717) is 0 Å². The smallest absolute Gasteiger partial charge is 0.277 e. The Morgan fingerprint density at radius 2 is 2.19 bits per heavy atom. The van der Waals surface area contributed by atoms with Crippen molar-refractivity contribution in [2.45, 2.75) is 11.8 Å². The molecule has 110 valence electrons. The number of sulfonamides is 1. The van der Waals surface area contributed by atoms with Gasteiger partial charge >= 0.3 is 0 Å². The van der Waals surface area contributed by atoms with E-state index in [1.165, 1.54) is 12.1 Å². The van der Waals surface area contributed by atoms with Crippen LogP contribution in [0, 0.1) is 18.8 Å². The van der Waals surface area contributed by atoms with Crippen LogP contribution in [0.2, 0.25) is 0 Å². The van der Waals surface area contributed by atoms with Crippen LogP contribution >= 0.6 is 0 Å². The summed E-state index contributed by atoms with van der Waals surface area (Å²) in [6, 6.07) is 4.63. The topological polar surface area (TPSA) is 116 Å². The highest BCUT2D eigenvalue weighted by molar-refractivity contribution is 7.92. The molecule has 21 heavy (non-hydrogen) atoms. The van der Waals surface area contributed by atoms with E-state index in [1.807, 2.05) is 0 Å². The number of hydrogen-bond donors (Lipinski definition) is 2.